The lowest BCUT2D eigenvalue weighted by molar-refractivity contribution is 0.625. The Morgan fingerprint density at radius 1 is 0.291 bits per heavy atom. The zero-order chi connectivity index (χ0) is 36.0. The van der Waals surface area contributed by atoms with Crippen LogP contribution in [0.3, 0.4) is 0 Å². The summed E-state index contributed by atoms with van der Waals surface area (Å²) in [6.07, 6.45) is 0. The van der Waals surface area contributed by atoms with E-state index >= 15 is 0 Å². The van der Waals surface area contributed by atoms with E-state index in [0.717, 1.165) is 44.0 Å². The van der Waals surface area contributed by atoms with Gasteiger partial charge in [-0.15, -0.1) is 0 Å². The molecule has 254 valence electrons. The lowest BCUT2D eigenvalue weighted by Gasteiger charge is -2.17. The van der Waals surface area contributed by atoms with Gasteiger partial charge in [0.15, 0.2) is 23.2 Å². The van der Waals surface area contributed by atoms with E-state index in [0.29, 0.717) is 23.2 Å². The molecular weight excluding hydrogens is 671 g/mol. The molecule has 2 aromatic heterocycles. The van der Waals surface area contributed by atoms with Crippen molar-refractivity contribution in [2.24, 2.45) is 0 Å². The van der Waals surface area contributed by atoms with Gasteiger partial charge in [0.25, 0.3) is 0 Å². The van der Waals surface area contributed by atoms with Crippen LogP contribution < -0.4 is 0 Å². The SMILES string of the molecule is c1ccc(-c2ccc(-c3nc(-c4cc5ccc6cccc7c8cccc9ccc%10cccc(c(c4)c5c67)c%10c98)nc(-c4cc5ccccc5o4)n3)cc2)cc1. The number of rotatable bonds is 4. The highest BCUT2D eigenvalue weighted by molar-refractivity contribution is 6.37. The number of aromatic nitrogens is 3. The molecule has 0 aliphatic heterocycles. The van der Waals surface area contributed by atoms with Crippen molar-refractivity contribution in [1.29, 1.82) is 0 Å². The molecule has 0 unspecified atom stereocenters. The Balaban J connectivity index is 1.17. The van der Waals surface area contributed by atoms with Gasteiger partial charge >= 0.3 is 0 Å². The number of para-hydroxylation sites is 1. The highest BCUT2D eigenvalue weighted by Gasteiger charge is 2.20. The fourth-order valence-corrected chi connectivity index (χ4v) is 8.69. The van der Waals surface area contributed by atoms with Crippen LogP contribution in [-0.4, -0.2) is 15.0 Å². The van der Waals surface area contributed by atoms with Crippen molar-refractivity contribution in [2.75, 3.05) is 0 Å². The van der Waals surface area contributed by atoms with Gasteiger partial charge < -0.3 is 4.42 Å². The van der Waals surface area contributed by atoms with Crippen LogP contribution in [0.2, 0.25) is 0 Å². The molecule has 0 atom stereocenters. The van der Waals surface area contributed by atoms with Gasteiger partial charge in [0, 0.05) is 16.5 Å². The quantitative estimate of drug-likeness (QED) is 0.172. The highest BCUT2D eigenvalue weighted by atomic mass is 16.3. The molecule has 4 heteroatoms. The summed E-state index contributed by atoms with van der Waals surface area (Å²) < 4.78 is 6.37. The fraction of sp³-hybridized carbons (Fsp3) is 0. The number of nitrogens with zero attached hydrogens (tertiary/aromatic N) is 3. The Hall–Kier alpha value is -7.43. The van der Waals surface area contributed by atoms with Gasteiger partial charge in [0.05, 0.1) is 0 Å². The van der Waals surface area contributed by atoms with Crippen LogP contribution in [0.1, 0.15) is 0 Å². The van der Waals surface area contributed by atoms with Crippen LogP contribution >= 0.6 is 0 Å². The molecule has 10 aromatic carbocycles. The smallest absolute Gasteiger partial charge is 0.199 e. The Bertz CT molecular complexity index is 3440. The van der Waals surface area contributed by atoms with Crippen LogP contribution in [-0.2, 0) is 0 Å². The number of hydrogen-bond acceptors (Lipinski definition) is 4. The minimum absolute atomic E-state index is 0.493. The third-order valence-corrected chi connectivity index (χ3v) is 11.2. The molecule has 0 fully saturated rings. The fourth-order valence-electron chi connectivity index (χ4n) is 8.69. The summed E-state index contributed by atoms with van der Waals surface area (Å²) in [4.78, 5) is 15.4. The first-order chi connectivity index (χ1) is 27.2. The number of fused-ring (bicyclic) bond motifs is 3. The zero-order valence-electron chi connectivity index (χ0n) is 29.5. The summed E-state index contributed by atoms with van der Waals surface area (Å²) in [5, 5.41) is 15.7. The molecular formula is C51H29N3O. The first-order valence-electron chi connectivity index (χ1n) is 18.6. The van der Waals surface area contributed by atoms with Gasteiger partial charge in [-0.1, -0.05) is 152 Å². The average molecular weight is 700 g/mol. The average Bonchev–Trinajstić information content (AvgIpc) is 3.70. The largest absolute Gasteiger partial charge is 0.453 e. The Kier molecular flexibility index (Phi) is 6.31. The standard InChI is InChI=1S/C51H29N3O/c1-2-9-30(10-3-1)31-19-24-35(25-20-31)49-52-50(54-51(53-49)44-29-36-11-4-5-18-43(36)55-44)38-27-37-26-23-34-13-7-16-40-39-15-6-12-32-21-22-33-14-8-17-41(47(33)45(32)39)42(28-38)48(37)46(34)40/h1-29H. The van der Waals surface area contributed by atoms with Crippen molar-refractivity contribution in [3.05, 3.63) is 176 Å². The second kappa shape index (κ2) is 11.5. The molecule has 4 nitrogen and oxygen atoms in total. The summed E-state index contributed by atoms with van der Waals surface area (Å²) in [5.74, 6) is 2.27. The molecule has 0 saturated carbocycles. The van der Waals surface area contributed by atoms with E-state index in [4.69, 9.17) is 19.4 Å². The molecule has 0 aliphatic carbocycles. The van der Waals surface area contributed by atoms with Gasteiger partial charge in [-0.05, 0) is 100 Å². The Labute approximate surface area is 315 Å². The highest BCUT2D eigenvalue weighted by Crippen LogP contribution is 2.44. The van der Waals surface area contributed by atoms with Crippen molar-refractivity contribution in [3.63, 3.8) is 0 Å². The molecule has 12 aromatic rings. The monoisotopic (exact) mass is 699 g/mol. The lowest BCUT2D eigenvalue weighted by Crippen LogP contribution is -2.00. The number of furan rings is 1. The maximum atomic E-state index is 6.37. The predicted octanol–water partition coefficient (Wildman–Crippen LogP) is 13.6. The van der Waals surface area contributed by atoms with Crippen LogP contribution in [0.25, 0.3) is 121 Å². The lowest BCUT2D eigenvalue weighted by atomic mass is 9.87. The van der Waals surface area contributed by atoms with Crippen LogP contribution in [0.15, 0.2) is 180 Å². The predicted molar refractivity (Wildman–Crippen MR) is 228 cm³/mol. The maximum absolute atomic E-state index is 6.37. The molecule has 0 N–H and O–H groups in total. The molecule has 0 saturated heterocycles. The van der Waals surface area contributed by atoms with Crippen molar-refractivity contribution in [2.45, 2.75) is 0 Å². The van der Waals surface area contributed by atoms with Crippen molar-refractivity contribution >= 4 is 75.6 Å². The Morgan fingerprint density at radius 3 is 1.44 bits per heavy atom. The summed E-state index contributed by atoms with van der Waals surface area (Å²) >= 11 is 0. The zero-order valence-corrected chi connectivity index (χ0v) is 29.5. The first kappa shape index (κ1) is 30.1. The molecule has 55 heavy (non-hydrogen) atoms. The molecule has 2 heterocycles. The van der Waals surface area contributed by atoms with Crippen LogP contribution in [0.4, 0.5) is 0 Å². The number of hydrogen-bond donors (Lipinski definition) is 0. The molecule has 0 radical (unpaired) electrons. The maximum Gasteiger partial charge on any atom is 0.199 e. The van der Waals surface area contributed by atoms with E-state index in [-0.39, 0.29) is 0 Å². The Morgan fingerprint density at radius 2 is 0.782 bits per heavy atom. The summed E-state index contributed by atoms with van der Waals surface area (Å²) in [6.45, 7) is 0. The molecule has 0 aliphatic rings. The van der Waals surface area contributed by atoms with E-state index in [2.05, 4.69) is 140 Å². The number of benzene rings is 9. The van der Waals surface area contributed by atoms with Crippen molar-refractivity contribution in [1.82, 2.24) is 15.0 Å². The van der Waals surface area contributed by atoms with Gasteiger partial charge in [-0.2, -0.15) is 0 Å². The summed E-state index contributed by atoms with van der Waals surface area (Å²) in [7, 11) is 0. The van der Waals surface area contributed by atoms with Crippen LogP contribution in [0, 0.1) is 0 Å². The van der Waals surface area contributed by atoms with Gasteiger partial charge in [0.1, 0.15) is 5.58 Å². The second-order valence-electron chi connectivity index (χ2n) is 14.4. The van der Waals surface area contributed by atoms with E-state index in [1.54, 1.807) is 0 Å². The summed E-state index contributed by atoms with van der Waals surface area (Å²) in [6, 6.07) is 62.5. The van der Waals surface area contributed by atoms with Gasteiger partial charge in [-0.25, -0.2) is 15.0 Å². The molecule has 12 rings (SSSR count). The van der Waals surface area contributed by atoms with E-state index in [1.165, 1.54) is 53.9 Å². The van der Waals surface area contributed by atoms with E-state index in [9.17, 15) is 0 Å². The second-order valence-corrected chi connectivity index (χ2v) is 14.4. The van der Waals surface area contributed by atoms with Gasteiger partial charge in [0.2, 0.25) is 0 Å². The van der Waals surface area contributed by atoms with Crippen molar-refractivity contribution in [3.8, 4) is 45.5 Å². The van der Waals surface area contributed by atoms with Crippen LogP contribution in [0.5, 0.6) is 0 Å². The molecule has 0 amide bonds. The summed E-state index contributed by atoms with van der Waals surface area (Å²) in [5.41, 5.74) is 4.91. The van der Waals surface area contributed by atoms with Crippen molar-refractivity contribution < 1.29 is 4.42 Å². The molecule has 0 bridgehead atoms. The topological polar surface area (TPSA) is 51.8 Å². The minimum atomic E-state index is 0.493. The first-order valence-corrected chi connectivity index (χ1v) is 18.6. The van der Waals surface area contributed by atoms with Gasteiger partial charge in [-0.3, -0.25) is 0 Å². The molecule has 0 spiro atoms. The third kappa shape index (κ3) is 4.62. The third-order valence-electron chi connectivity index (χ3n) is 11.2. The van der Waals surface area contributed by atoms with E-state index < -0.39 is 0 Å². The van der Waals surface area contributed by atoms with E-state index in [1.807, 2.05) is 36.4 Å². The normalized spacial score (nSPS) is 12.0. The minimum Gasteiger partial charge on any atom is -0.453 e.